The quantitative estimate of drug-likeness (QED) is 0.833. The van der Waals surface area contributed by atoms with Crippen molar-refractivity contribution in [2.45, 2.75) is 6.61 Å². The van der Waals surface area contributed by atoms with E-state index in [0.29, 0.717) is 15.2 Å². The van der Waals surface area contributed by atoms with Gasteiger partial charge in [-0.25, -0.2) is 9.78 Å². The van der Waals surface area contributed by atoms with Crippen molar-refractivity contribution in [1.29, 1.82) is 0 Å². The molecule has 0 aromatic carbocycles. The minimum atomic E-state index is -0.827. The molecule has 0 saturated heterocycles. The van der Waals surface area contributed by atoms with Crippen molar-refractivity contribution in [3.05, 3.63) is 27.5 Å². The Morgan fingerprint density at radius 1 is 1.77 bits per heavy atom. The number of halogens is 2. The average Bonchev–Trinajstić information content (AvgIpc) is 2.06. The number of ether oxygens (including phenoxy) is 1. The maximum Gasteiger partial charge on any atom is 0.404 e. The standard InChI is InChI=1S/C7H6BrClN2O2/c8-6-4(3-13-7(10)12)1-5(9)2-11-6/h1-2H,3H2,(H2,10,12). The smallest absolute Gasteiger partial charge is 0.404 e. The monoisotopic (exact) mass is 264 g/mol. The molecule has 1 aromatic rings. The molecule has 0 atom stereocenters. The number of nitrogens with two attached hydrogens (primary N) is 1. The number of carbonyl (C=O) groups is 1. The van der Waals surface area contributed by atoms with Gasteiger partial charge in [-0.2, -0.15) is 0 Å². The number of rotatable bonds is 2. The van der Waals surface area contributed by atoms with E-state index < -0.39 is 6.09 Å². The topological polar surface area (TPSA) is 65.2 Å². The SMILES string of the molecule is NC(=O)OCc1cc(Cl)cnc1Br. The van der Waals surface area contributed by atoms with Crippen LogP contribution in [0.4, 0.5) is 4.79 Å². The van der Waals surface area contributed by atoms with Crippen molar-refractivity contribution >= 4 is 33.6 Å². The average molecular weight is 265 g/mol. The van der Waals surface area contributed by atoms with Crippen molar-refractivity contribution in [3.63, 3.8) is 0 Å². The summed E-state index contributed by atoms with van der Waals surface area (Å²) in [6.45, 7) is 0.0590. The van der Waals surface area contributed by atoms with Crippen molar-refractivity contribution in [2.75, 3.05) is 0 Å². The predicted molar refractivity (Wildman–Crippen MR) is 51.3 cm³/mol. The summed E-state index contributed by atoms with van der Waals surface area (Å²) in [5.74, 6) is 0. The van der Waals surface area contributed by atoms with Gasteiger partial charge < -0.3 is 10.5 Å². The Morgan fingerprint density at radius 3 is 3.08 bits per heavy atom. The molecule has 0 saturated carbocycles. The molecular weight excluding hydrogens is 259 g/mol. The second-order valence-electron chi connectivity index (χ2n) is 2.21. The maximum atomic E-state index is 10.3. The zero-order valence-electron chi connectivity index (χ0n) is 6.46. The first kappa shape index (κ1) is 10.3. The first-order chi connectivity index (χ1) is 6.09. The third kappa shape index (κ3) is 3.20. The second kappa shape index (κ2) is 4.43. The van der Waals surface area contributed by atoms with E-state index in [4.69, 9.17) is 17.3 Å². The van der Waals surface area contributed by atoms with Crippen molar-refractivity contribution in [1.82, 2.24) is 4.98 Å². The molecule has 0 fully saturated rings. The molecule has 0 aliphatic heterocycles. The number of hydrogen-bond acceptors (Lipinski definition) is 3. The summed E-state index contributed by atoms with van der Waals surface area (Å²) in [7, 11) is 0. The fraction of sp³-hybridized carbons (Fsp3) is 0.143. The van der Waals surface area contributed by atoms with Gasteiger partial charge in [-0.05, 0) is 22.0 Å². The lowest BCUT2D eigenvalue weighted by molar-refractivity contribution is 0.150. The van der Waals surface area contributed by atoms with Crippen LogP contribution in [-0.2, 0) is 11.3 Å². The molecule has 70 valence electrons. The van der Waals surface area contributed by atoms with Crippen LogP contribution in [0, 0.1) is 0 Å². The minimum Gasteiger partial charge on any atom is -0.445 e. The summed E-state index contributed by atoms with van der Waals surface area (Å²) in [6, 6.07) is 1.64. The molecule has 6 heteroatoms. The lowest BCUT2D eigenvalue weighted by atomic mass is 10.3. The van der Waals surface area contributed by atoms with Crippen LogP contribution < -0.4 is 5.73 Å². The van der Waals surface area contributed by atoms with Crippen LogP contribution in [0.1, 0.15) is 5.56 Å². The van der Waals surface area contributed by atoms with Gasteiger partial charge in [0, 0.05) is 11.8 Å². The molecule has 13 heavy (non-hydrogen) atoms. The Balaban J connectivity index is 2.75. The Hall–Kier alpha value is -0.810. The van der Waals surface area contributed by atoms with E-state index in [-0.39, 0.29) is 6.61 Å². The Bertz CT molecular complexity index is 332. The van der Waals surface area contributed by atoms with Gasteiger partial charge >= 0.3 is 6.09 Å². The van der Waals surface area contributed by atoms with E-state index in [2.05, 4.69) is 25.7 Å². The van der Waals surface area contributed by atoms with Crippen molar-refractivity contribution in [2.24, 2.45) is 5.73 Å². The first-order valence-electron chi connectivity index (χ1n) is 3.31. The van der Waals surface area contributed by atoms with Gasteiger partial charge in [-0.1, -0.05) is 11.6 Å². The fourth-order valence-electron chi connectivity index (χ4n) is 0.715. The first-order valence-corrected chi connectivity index (χ1v) is 4.49. The summed E-state index contributed by atoms with van der Waals surface area (Å²) in [5.41, 5.74) is 5.47. The Labute approximate surface area is 88.2 Å². The summed E-state index contributed by atoms with van der Waals surface area (Å²) in [5, 5.41) is 0.478. The molecule has 0 aliphatic rings. The normalized spacial score (nSPS) is 9.69. The Morgan fingerprint density at radius 2 is 2.46 bits per heavy atom. The van der Waals surface area contributed by atoms with Gasteiger partial charge in [0.2, 0.25) is 0 Å². The van der Waals surface area contributed by atoms with Gasteiger partial charge in [0.1, 0.15) is 11.2 Å². The zero-order valence-corrected chi connectivity index (χ0v) is 8.80. The number of carbonyl (C=O) groups excluding carboxylic acids is 1. The zero-order chi connectivity index (χ0) is 9.84. The maximum absolute atomic E-state index is 10.3. The number of amides is 1. The minimum absolute atomic E-state index is 0.0590. The van der Waals surface area contributed by atoms with Crippen LogP contribution in [0.25, 0.3) is 0 Å². The molecule has 0 spiro atoms. The van der Waals surface area contributed by atoms with Crippen molar-refractivity contribution in [3.8, 4) is 0 Å². The largest absolute Gasteiger partial charge is 0.445 e. The molecule has 2 N–H and O–H groups in total. The summed E-state index contributed by atoms with van der Waals surface area (Å²) in [6.07, 6.45) is 0.659. The molecular formula is C7H6BrClN2O2. The van der Waals surface area contributed by atoms with E-state index in [1.54, 1.807) is 6.07 Å². The third-order valence-corrected chi connectivity index (χ3v) is 2.17. The summed E-state index contributed by atoms with van der Waals surface area (Å²) in [4.78, 5) is 14.2. The van der Waals surface area contributed by atoms with Gasteiger partial charge in [0.15, 0.2) is 0 Å². The number of hydrogen-bond donors (Lipinski definition) is 1. The summed E-state index contributed by atoms with van der Waals surface area (Å²) >= 11 is 8.86. The molecule has 0 radical (unpaired) electrons. The Kier molecular flexibility index (Phi) is 3.50. The molecule has 1 heterocycles. The molecule has 1 amide bonds. The van der Waals surface area contributed by atoms with Crippen LogP contribution in [-0.4, -0.2) is 11.1 Å². The third-order valence-electron chi connectivity index (χ3n) is 1.25. The molecule has 1 rings (SSSR count). The number of primary amides is 1. The number of pyridine rings is 1. The molecule has 0 aliphatic carbocycles. The molecule has 1 aromatic heterocycles. The predicted octanol–water partition coefficient (Wildman–Crippen LogP) is 2.09. The van der Waals surface area contributed by atoms with Gasteiger partial charge in [0.05, 0.1) is 5.02 Å². The van der Waals surface area contributed by atoms with E-state index in [1.807, 2.05) is 0 Å². The fourth-order valence-corrected chi connectivity index (χ4v) is 1.23. The van der Waals surface area contributed by atoms with Crippen LogP contribution >= 0.6 is 27.5 Å². The van der Waals surface area contributed by atoms with Crippen molar-refractivity contribution < 1.29 is 9.53 Å². The lowest BCUT2D eigenvalue weighted by Gasteiger charge is -2.03. The van der Waals surface area contributed by atoms with Gasteiger partial charge in [0.25, 0.3) is 0 Å². The van der Waals surface area contributed by atoms with Crippen LogP contribution in [0.3, 0.4) is 0 Å². The molecule has 0 bridgehead atoms. The van der Waals surface area contributed by atoms with Gasteiger partial charge in [-0.3, -0.25) is 0 Å². The molecule has 4 nitrogen and oxygen atoms in total. The van der Waals surface area contributed by atoms with E-state index in [1.165, 1.54) is 6.20 Å². The van der Waals surface area contributed by atoms with E-state index in [0.717, 1.165) is 0 Å². The number of nitrogens with zero attached hydrogens (tertiary/aromatic N) is 1. The second-order valence-corrected chi connectivity index (χ2v) is 3.40. The highest BCUT2D eigenvalue weighted by Crippen LogP contribution is 2.18. The highest BCUT2D eigenvalue weighted by atomic mass is 79.9. The van der Waals surface area contributed by atoms with E-state index in [9.17, 15) is 4.79 Å². The van der Waals surface area contributed by atoms with Crippen LogP contribution in [0.5, 0.6) is 0 Å². The highest BCUT2D eigenvalue weighted by molar-refractivity contribution is 9.10. The summed E-state index contributed by atoms with van der Waals surface area (Å²) < 4.78 is 5.16. The number of aromatic nitrogens is 1. The highest BCUT2D eigenvalue weighted by Gasteiger charge is 2.04. The van der Waals surface area contributed by atoms with E-state index >= 15 is 0 Å². The van der Waals surface area contributed by atoms with Crippen LogP contribution in [0.15, 0.2) is 16.9 Å². The lowest BCUT2D eigenvalue weighted by Crippen LogP contribution is -2.12. The van der Waals surface area contributed by atoms with Crippen LogP contribution in [0.2, 0.25) is 5.02 Å². The van der Waals surface area contributed by atoms with Gasteiger partial charge in [-0.15, -0.1) is 0 Å². The molecule has 0 unspecified atom stereocenters.